The third kappa shape index (κ3) is 4.67. The number of esters is 1. The fourth-order valence-electron chi connectivity index (χ4n) is 2.18. The molecule has 3 aromatic rings. The van der Waals surface area contributed by atoms with Crippen LogP contribution in [0.2, 0.25) is 0 Å². The van der Waals surface area contributed by atoms with Gasteiger partial charge in [0.25, 0.3) is 5.91 Å². The van der Waals surface area contributed by atoms with Gasteiger partial charge in [-0.3, -0.25) is 9.59 Å². The molecule has 1 aromatic heterocycles. The van der Waals surface area contributed by atoms with Crippen LogP contribution in [0.25, 0.3) is 11.1 Å². The molecule has 0 bridgehead atoms. The number of hydrogen-bond donors (Lipinski definition) is 1. The van der Waals surface area contributed by atoms with Gasteiger partial charge >= 0.3 is 5.97 Å². The van der Waals surface area contributed by atoms with Gasteiger partial charge in [-0.05, 0) is 36.4 Å². The number of nitrogens with one attached hydrogen (secondary N) is 1. The number of fused-ring (bicyclic) bond motifs is 1. The van der Waals surface area contributed by atoms with Gasteiger partial charge in [0.2, 0.25) is 5.89 Å². The summed E-state index contributed by atoms with van der Waals surface area (Å²) in [6.45, 7) is 0.162. The normalized spacial score (nSPS) is 10.6. The predicted octanol–water partition coefficient (Wildman–Crippen LogP) is 3.45. The monoisotopic (exact) mass is 402 g/mol. The van der Waals surface area contributed by atoms with Crippen molar-refractivity contribution in [3.63, 3.8) is 0 Å². The van der Waals surface area contributed by atoms with Crippen molar-refractivity contribution in [3.05, 3.63) is 64.5 Å². The number of rotatable bonds is 6. The Morgan fingerprint density at radius 1 is 1.12 bits per heavy atom. The number of oxazole rings is 1. The minimum atomic E-state index is -0.432. The number of halogens is 1. The van der Waals surface area contributed by atoms with Crippen molar-refractivity contribution in [1.82, 2.24) is 10.3 Å². The van der Waals surface area contributed by atoms with Gasteiger partial charge in [-0.1, -0.05) is 28.1 Å². The Balaban J connectivity index is 1.42. The predicted molar refractivity (Wildman–Crippen MR) is 94.9 cm³/mol. The van der Waals surface area contributed by atoms with E-state index >= 15 is 0 Å². The van der Waals surface area contributed by atoms with Crippen LogP contribution in [0.15, 0.2) is 57.4 Å². The van der Waals surface area contributed by atoms with Gasteiger partial charge in [0.05, 0.1) is 6.42 Å². The third-order valence-corrected chi connectivity index (χ3v) is 3.94. The summed E-state index contributed by atoms with van der Waals surface area (Å²) in [7, 11) is 0. The first-order chi connectivity index (χ1) is 12.1. The molecule has 0 fully saturated rings. The van der Waals surface area contributed by atoms with Crippen LogP contribution in [-0.4, -0.2) is 23.4 Å². The van der Waals surface area contributed by atoms with Crippen molar-refractivity contribution in [2.75, 3.05) is 6.54 Å². The van der Waals surface area contributed by atoms with Gasteiger partial charge < -0.3 is 14.5 Å². The summed E-state index contributed by atoms with van der Waals surface area (Å²) >= 11 is 3.31. The van der Waals surface area contributed by atoms with E-state index in [0.717, 1.165) is 9.99 Å². The summed E-state index contributed by atoms with van der Waals surface area (Å²) in [6.07, 6.45) is 0.0719. The fraction of sp³-hybridized carbons (Fsp3) is 0.167. The second-order valence-corrected chi connectivity index (χ2v) is 6.16. The first kappa shape index (κ1) is 17.2. The molecule has 3 rings (SSSR count). The molecule has 6 nitrogen and oxygen atoms in total. The molecule has 1 N–H and O–H groups in total. The van der Waals surface area contributed by atoms with Crippen molar-refractivity contribution in [2.45, 2.75) is 13.0 Å². The van der Waals surface area contributed by atoms with Crippen molar-refractivity contribution in [1.29, 1.82) is 0 Å². The average molecular weight is 403 g/mol. The molecular formula is C18H15BrN2O4. The molecule has 1 heterocycles. The van der Waals surface area contributed by atoms with Crippen molar-refractivity contribution in [3.8, 4) is 0 Å². The van der Waals surface area contributed by atoms with Crippen LogP contribution in [-0.2, 0) is 16.1 Å². The summed E-state index contributed by atoms with van der Waals surface area (Å²) in [4.78, 5) is 27.9. The minimum absolute atomic E-state index is 0.0336. The summed E-state index contributed by atoms with van der Waals surface area (Å²) in [5, 5.41) is 2.67. The molecule has 7 heteroatoms. The number of carbonyl (C=O) groups excluding carboxylic acids is 2. The number of para-hydroxylation sites is 2. The number of benzene rings is 2. The SMILES string of the molecule is O=C(CCNC(=O)c1ccc(Br)cc1)OCc1nc2ccccc2o1. The minimum Gasteiger partial charge on any atom is -0.456 e. The molecule has 0 spiro atoms. The molecule has 0 radical (unpaired) electrons. The first-order valence-electron chi connectivity index (χ1n) is 7.65. The average Bonchev–Trinajstić information content (AvgIpc) is 3.03. The van der Waals surface area contributed by atoms with Gasteiger partial charge in [-0.25, -0.2) is 4.98 Å². The number of hydrogen-bond acceptors (Lipinski definition) is 5. The van der Waals surface area contributed by atoms with Crippen molar-refractivity contribution >= 4 is 38.9 Å². The Labute approximate surface area is 152 Å². The Kier molecular flexibility index (Phi) is 5.45. The highest BCUT2D eigenvalue weighted by molar-refractivity contribution is 9.10. The van der Waals surface area contributed by atoms with E-state index in [1.807, 2.05) is 18.2 Å². The molecular weight excluding hydrogens is 388 g/mol. The zero-order chi connectivity index (χ0) is 17.6. The highest BCUT2D eigenvalue weighted by Crippen LogP contribution is 2.15. The number of amides is 1. The van der Waals surface area contributed by atoms with Crippen LogP contribution < -0.4 is 5.32 Å². The largest absolute Gasteiger partial charge is 0.456 e. The maximum atomic E-state index is 11.9. The molecule has 0 aliphatic carbocycles. The van der Waals surface area contributed by atoms with E-state index in [1.165, 1.54) is 0 Å². The molecule has 0 saturated carbocycles. The highest BCUT2D eigenvalue weighted by atomic mass is 79.9. The lowest BCUT2D eigenvalue weighted by atomic mass is 10.2. The molecule has 0 saturated heterocycles. The summed E-state index contributed by atoms with van der Waals surface area (Å²) < 4.78 is 11.5. The van der Waals surface area contributed by atoms with Crippen LogP contribution in [0, 0.1) is 0 Å². The Morgan fingerprint density at radius 3 is 2.64 bits per heavy atom. The Bertz CT molecular complexity index is 856. The molecule has 0 aliphatic rings. The molecule has 25 heavy (non-hydrogen) atoms. The summed E-state index contributed by atoms with van der Waals surface area (Å²) in [5.41, 5.74) is 1.90. The molecule has 2 aromatic carbocycles. The van der Waals surface area contributed by atoms with E-state index < -0.39 is 5.97 Å². The Morgan fingerprint density at radius 2 is 1.88 bits per heavy atom. The fourth-order valence-corrected chi connectivity index (χ4v) is 2.44. The van der Waals surface area contributed by atoms with Crippen LogP contribution in [0.4, 0.5) is 0 Å². The smallest absolute Gasteiger partial charge is 0.308 e. The highest BCUT2D eigenvalue weighted by Gasteiger charge is 2.10. The maximum Gasteiger partial charge on any atom is 0.308 e. The van der Waals surface area contributed by atoms with Crippen LogP contribution >= 0.6 is 15.9 Å². The van der Waals surface area contributed by atoms with E-state index in [2.05, 4.69) is 26.2 Å². The second kappa shape index (κ2) is 7.94. The third-order valence-electron chi connectivity index (χ3n) is 3.42. The lowest BCUT2D eigenvalue weighted by Crippen LogP contribution is -2.26. The summed E-state index contributed by atoms with van der Waals surface area (Å²) in [5.74, 6) is -0.328. The summed E-state index contributed by atoms with van der Waals surface area (Å²) in [6, 6.07) is 14.3. The number of aromatic nitrogens is 1. The second-order valence-electron chi connectivity index (χ2n) is 5.25. The lowest BCUT2D eigenvalue weighted by molar-refractivity contribution is -0.145. The van der Waals surface area contributed by atoms with E-state index in [4.69, 9.17) is 9.15 Å². The van der Waals surface area contributed by atoms with Gasteiger partial charge in [-0.15, -0.1) is 0 Å². The van der Waals surface area contributed by atoms with Crippen LogP contribution in [0.5, 0.6) is 0 Å². The van der Waals surface area contributed by atoms with Gasteiger partial charge in [0.15, 0.2) is 12.2 Å². The topological polar surface area (TPSA) is 81.4 Å². The van der Waals surface area contributed by atoms with Crippen LogP contribution in [0.1, 0.15) is 22.7 Å². The van der Waals surface area contributed by atoms with Gasteiger partial charge in [-0.2, -0.15) is 0 Å². The van der Waals surface area contributed by atoms with Crippen molar-refractivity contribution in [2.24, 2.45) is 0 Å². The maximum absolute atomic E-state index is 11.9. The molecule has 1 amide bonds. The van der Waals surface area contributed by atoms with Gasteiger partial charge in [0.1, 0.15) is 5.52 Å². The van der Waals surface area contributed by atoms with E-state index in [9.17, 15) is 9.59 Å². The number of nitrogens with zero attached hydrogens (tertiary/aromatic N) is 1. The molecule has 128 valence electrons. The van der Waals surface area contributed by atoms with Crippen molar-refractivity contribution < 1.29 is 18.7 Å². The Hall–Kier alpha value is -2.67. The zero-order valence-corrected chi connectivity index (χ0v) is 14.8. The number of ether oxygens (including phenoxy) is 1. The molecule has 0 atom stereocenters. The standard InChI is InChI=1S/C18H15BrN2O4/c19-13-7-5-12(6-8-13)18(23)20-10-9-17(22)24-11-16-21-14-3-1-2-4-15(14)25-16/h1-8H,9-11H2,(H,20,23). The van der Waals surface area contributed by atoms with Crippen LogP contribution in [0.3, 0.4) is 0 Å². The lowest BCUT2D eigenvalue weighted by Gasteiger charge is -2.05. The quantitative estimate of drug-likeness (QED) is 0.638. The first-order valence-corrected chi connectivity index (χ1v) is 8.45. The molecule has 0 aliphatic heterocycles. The van der Waals surface area contributed by atoms with Gasteiger partial charge in [0, 0.05) is 16.6 Å². The number of carbonyl (C=O) groups is 2. The van der Waals surface area contributed by atoms with E-state index in [1.54, 1.807) is 30.3 Å². The van der Waals surface area contributed by atoms with E-state index in [-0.39, 0.29) is 25.5 Å². The molecule has 0 unspecified atom stereocenters. The zero-order valence-electron chi connectivity index (χ0n) is 13.2. The van der Waals surface area contributed by atoms with E-state index in [0.29, 0.717) is 17.0 Å².